The Labute approximate surface area is 224 Å². The number of nitrogens with two attached hydrogens (primary N) is 1. The number of amides is 2. The quantitative estimate of drug-likeness (QED) is 0.115. The molecule has 0 spiro atoms. The number of hydrogen-bond donors (Lipinski definition) is 6. The van der Waals surface area contributed by atoms with Gasteiger partial charge in [-0.25, -0.2) is 4.79 Å². The van der Waals surface area contributed by atoms with Crippen molar-refractivity contribution >= 4 is 35.0 Å². The van der Waals surface area contributed by atoms with Crippen LogP contribution in [0.1, 0.15) is 36.1 Å². The molecule has 2 rings (SSSR count). The first-order valence-corrected chi connectivity index (χ1v) is 11.2. The molecule has 0 saturated heterocycles. The Balaban J connectivity index is 0.00000101. The van der Waals surface area contributed by atoms with E-state index in [1.807, 2.05) is 0 Å². The number of carbonyl (C=O) groups is 3. The van der Waals surface area contributed by atoms with Gasteiger partial charge >= 0.3 is 18.3 Å². The summed E-state index contributed by atoms with van der Waals surface area (Å²) in [6.45, 7) is 1.25. The van der Waals surface area contributed by atoms with Crippen LogP contribution in [0.3, 0.4) is 0 Å². The van der Waals surface area contributed by atoms with Crippen molar-refractivity contribution in [1.29, 1.82) is 5.41 Å². The lowest BCUT2D eigenvalue weighted by atomic mass is 10.0. The number of amidine groups is 1. The first-order chi connectivity index (χ1) is 18.4. The summed E-state index contributed by atoms with van der Waals surface area (Å²) >= 11 is 0. The average molecular weight is 579 g/mol. The van der Waals surface area contributed by atoms with E-state index in [-0.39, 0.29) is 30.2 Å². The predicted molar refractivity (Wildman–Crippen MR) is 133 cm³/mol. The van der Waals surface area contributed by atoms with Crippen LogP contribution in [0.15, 0.2) is 42.5 Å². The first kappa shape index (κ1) is 33.7. The van der Waals surface area contributed by atoms with Crippen molar-refractivity contribution in [3.05, 3.63) is 59.2 Å². The summed E-state index contributed by atoms with van der Waals surface area (Å²) in [5.74, 6) is -4.14. The second-order valence-corrected chi connectivity index (χ2v) is 8.23. The van der Waals surface area contributed by atoms with Crippen LogP contribution in [0.5, 0.6) is 0 Å². The topological polar surface area (TPSA) is 169 Å². The zero-order chi connectivity index (χ0) is 30.8. The number of nitrogens with one attached hydrogen (secondary N) is 3. The number of aliphatic carboxylic acids is 1. The number of nitrogen functional groups attached to an aromatic ring is 1. The Morgan fingerprint density at radius 2 is 1.57 bits per heavy atom. The number of anilines is 2. The van der Waals surface area contributed by atoms with E-state index in [0.29, 0.717) is 11.3 Å². The molecule has 0 saturated carbocycles. The molecule has 7 N–H and O–H groups in total. The second-order valence-electron chi connectivity index (χ2n) is 8.23. The van der Waals surface area contributed by atoms with E-state index >= 15 is 0 Å². The standard InChI is InChI=1S/C22H26F3N5O3.C2HF3O2/c1-13(15-5-8-18(30(2)9-10-31)17(11-15)22(23,24)25)28-19(32)12-20(33)29-16-6-3-14(4-7-16)21(26)27;3-2(4,5)1(6)7/h3-8,11,13,31H,9-10,12H2,1-2H3,(H3,26,27)(H,28,32)(H,29,33);(H,6,7)/t13-;/m1./s1. The number of aliphatic hydroxyl groups excluding tert-OH is 1. The molecule has 0 radical (unpaired) electrons. The van der Waals surface area contributed by atoms with Crippen molar-refractivity contribution in [1.82, 2.24) is 5.32 Å². The average Bonchev–Trinajstić information content (AvgIpc) is 2.83. The van der Waals surface area contributed by atoms with Crippen molar-refractivity contribution in [2.24, 2.45) is 5.73 Å². The number of halogens is 6. The highest BCUT2D eigenvalue weighted by Gasteiger charge is 2.38. The minimum Gasteiger partial charge on any atom is -0.475 e. The Kier molecular flexibility index (Phi) is 11.9. The van der Waals surface area contributed by atoms with Crippen LogP contribution in [0, 0.1) is 5.41 Å². The fourth-order valence-corrected chi connectivity index (χ4v) is 3.11. The summed E-state index contributed by atoms with van der Waals surface area (Å²) in [5, 5.41) is 28.5. The molecule has 0 heterocycles. The number of aliphatic hydroxyl groups is 1. The molecule has 10 nitrogen and oxygen atoms in total. The zero-order valence-electron chi connectivity index (χ0n) is 21.2. The summed E-state index contributed by atoms with van der Waals surface area (Å²) in [4.78, 5) is 34.5. The van der Waals surface area contributed by atoms with Crippen molar-refractivity contribution in [3.8, 4) is 0 Å². The molecule has 16 heteroatoms. The smallest absolute Gasteiger partial charge is 0.475 e. The van der Waals surface area contributed by atoms with Crippen LogP contribution in [0.2, 0.25) is 0 Å². The summed E-state index contributed by atoms with van der Waals surface area (Å²) in [6, 6.07) is 9.06. The Bertz CT molecular complexity index is 1200. The van der Waals surface area contributed by atoms with E-state index in [1.165, 1.54) is 43.1 Å². The number of carboxylic acid groups (broad SMARTS) is 1. The van der Waals surface area contributed by atoms with Crippen LogP contribution < -0.4 is 21.3 Å². The van der Waals surface area contributed by atoms with Gasteiger partial charge in [-0.2, -0.15) is 26.3 Å². The molecule has 0 fully saturated rings. The van der Waals surface area contributed by atoms with Gasteiger partial charge in [0.1, 0.15) is 12.3 Å². The summed E-state index contributed by atoms with van der Waals surface area (Å²) in [7, 11) is 1.44. The molecule has 0 aliphatic heterocycles. The van der Waals surface area contributed by atoms with E-state index in [0.717, 1.165) is 6.07 Å². The molecule has 1 atom stereocenters. The Morgan fingerprint density at radius 3 is 2.02 bits per heavy atom. The number of hydrogen-bond acceptors (Lipinski definition) is 6. The highest BCUT2D eigenvalue weighted by Crippen LogP contribution is 2.37. The van der Waals surface area contributed by atoms with Crippen LogP contribution in [0.4, 0.5) is 37.7 Å². The maximum atomic E-state index is 13.6. The van der Waals surface area contributed by atoms with Gasteiger partial charge in [0.15, 0.2) is 0 Å². The van der Waals surface area contributed by atoms with Gasteiger partial charge in [0.2, 0.25) is 11.8 Å². The summed E-state index contributed by atoms with van der Waals surface area (Å²) in [6.07, 6.45) is -10.2. The molecule has 0 aromatic heterocycles. The van der Waals surface area contributed by atoms with E-state index in [9.17, 15) is 35.9 Å². The second kappa shape index (κ2) is 14.2. The van der Waals surface area contributed by atoms with Crippen molar-refractivity contribution in [2.75, 3.05) is 30.4 Å². The highest BCUT2D eigenvalue weighted by molar-refractivity contribution is 6.04. The van der Waals surface area contributed by atoms with Gasteiger partial charge in [0.05, 0.1) is 18.2 Å². The molecule has 0 aliphatic carbocycles. The number of carbonyl (C=O) groups excluding carboxylic acids is 2. The fraction of sp³-hybridized carbons (Fsp3) is 0.333. The lowest BCUT2D eigenvalue weighted by Crippen LogP contribution is -2.30. The van der Waals surface area contributed by atoms with Crippen molar-refractivity contribution in [2.45, 2.75) is 31.7 Å². The molecule has 0 unspecified atom stereocenters. The SMILES string of the molecule is C[C@@H](NC(=O)CC(=O)Nc1ccc(C(=N)N)cc1)c1ccc(N(C)CCO)c(C(F)(F)F)c1.O=C(O)C(F)(F)F. The minimum absolute atomic E-state index is 0.0291. The Morgan fingerprint density at radius 1 is 1.02 bits per heavy atom. The largest absolute Gasteiger partial charge is 0.490 e. The van der Waals surface area contributed by atoms with Gasteiger partial charge < -0.3 is 31.5 Å². The molecule has 2 aromatic carbocycles. The van der Waals surface area contributed by atoms with Gasteiger partial charge in [-0.05, 0) is 48.9 Å². The number of nitrogens with zero attached hydrogens (tertiary/aromatic N) is 1. The van der Waals surface area contributed by atoms with Crippen molar-refractivity contribution < 1.29 is 50.9 Å². The predicted octanol–water partition coefficient (Wildman–Crippen LogP) is 3.26. The third kappa shape index (κ3) is 10.8. The third-order valence-electron chi connectivity index (χ3n) is 5.09. The highest BCUT2D eigenvalue weighted by atomic mass is 19.4. The van der Waals surface area contributed by atoms with E-state index < -0.39 is 48.2 Å². The lowest BCUT2D eigenvalue weighted by molar-refractivity contribution is -0.192. The number of likely N-dealkylation sites (N-methyl/N-ethyl adjacent to an activating group) is 1. The van der Waals surface area contributed by atoms with Gasteiger partial charge in [-0.15, -0.1) is 0 Å². The number of carboxylic acids is 1. The van der Waals surface area contributed by atoms with Crippen LogP contribution in [0.25, 0.3) is 0 Å². The zero-order valence-corrected chi connectivity index (χ0v) is 21.2. The maximum absolute atomic E-state index is 13.6. The van der Waals surface area contributed by atoms with Gasteiger partial charge in [-0.1, -0.05) is 6.07 Å². The van der Waals surface area contributed by atoms with Gasteiger partial charge in [0, 0.05) is 30.5 Å². The summed E-state index contributed by atoms with van der Waals surface area (Å²) in [5.41, 5.74) is 5.49. The molecule has 0 aliphatic rings. The third-order valence-corrected chi connectivity index (χ3v) is 5.09. The molecule has 2 amide bonds. The van der Waals surface area contributed by atoms with Crippen LogP contribution in [-0.2, 0) is 20.6 Å². The van der Waals surface area contributed by atoms with Gasteiger partial charge in [0.25, 0.3) is 0 Å². The van der Waals surface area contributed by atoms with Crippen molar-refractivity contribution in [3.63, 3.8) is 0 Å². The van der Waals surface area contributed by atoms with E-state index in [1.54, 1.807) is 12.1 Å². The van der Waals surface area contributed by atoms with E-state index in [4.69, 9.17) is 26.2 Å². The first-order valence-electron chi connectivity index (χ1n) is 11.2. The Hall–Kier alpha value is -4.34. The van der Waals surface area contributed by atoms with E-state index in [2.05, 4.69) is 10.6 Å². The molecule has 2 aromatic rings. The van der Waals surface area contributed by atoms with Gasteiger partial charge in [-0.3, -0.25) is 15.0 Å². The normalized spacial score (nSPS) is 11.9. The molecule has 0 bridgehead atoms. The van der Waals surface area contributed by atoms with Crippen LogP contribution >= 0.6 is 0 Å². The monoisotopic (exact) mass is 579 g/mol. The molecular formula is C24H27F6N5O5. The number of benzene rings is 2. The molecule has 40 heavy (non-hydrogen) atoms. The van der Waals surface area contributed by atoms with Crippen LogP contribution in [-0.4, -0.2) is 60.2 Å². The minimum atomic E-state index is -5.08. The number of alkyl halides is 6. The maximum Gasteiger partial charge on any atom is 0.490 e. The molecule has 220 valence electrons. The number of rotatable bonds is 9. The fourth-order valence-electron chi connectivity index (χ4n) is 3.11. The summed E-state index contributed by atoms with van der Waals surface area (Å²) < 4.78 is 72.4. The molecular weight excluding hydrogens is 552 g/mol. The lowest BCUT2D eigenvalue weighted by Gasteiger charge is -2.24.